The van der Waals surface area contributed by atoms with E-state index in [-0.39, 0.29) is 5.82 Å². The lowest BCUT2D eigenvalue weighted by atomic mass is 10.2. The van der Waals surface area contributed by atoms with Crippen molar-refractivity contribution in [3.8, 4) is 11.5 Å². The van der Waals surface area contributed by atoms with Crippen molar-refractivity contribution in [3.05, 3.63) is 59.4 Å². The van der Waals surface area contributed by atoms with E-state index in [1.807, 2.05) is 18.2 Å². The fourth-order valence-electron chi connectivity index (χ4n) is 2.31. The van der Waals surface area contributed by atoms with Crippen LogP contribution in [0.25, 0.3) is 0 Å². The van der Waals surface area contributed by atoms with Gasteiger partial charge >= 0.3 is 0 Å². The summed E-state index contributed by atoms with van der Waals surface area (Å²) in [7, 11) is 4.87. The molecular formula is C18H22FN3O2. The number of guanidine groups is 1. The smallest absolute Gasteiger partial charge is 0.191 e. The zero-order valence-corrected chi connectivity index (χ0v) is 14.1. The minimum absolute atomic E-state index is 0.241. The van der Waals surface area contributed by atoms with Crippen LogP contribution in [0.3, 0.4) is 0 Å². The first-order valence-electron chi connectivity index (χ1n) is 7.57. The van der Waals surface area contributed by atoms with Crippen LogP contribution in [0.1, 0.15) is 11.1 Å². The van der Waals surface area contributed by atoms with E-state index in [9.17, 15) is 4.39 Å². The number of rotatable bonds is 6. The summed E-state index contributed by atoms with van der Waals surface area (Å²) < 4.78 is 24.3. The van der Waals surface area contributed by atoms with Gasteiger partial charge < -0.3 is 20.1 Å². The topological polar surface area (TPSA) is 54.9 Å². The maximum Gasteiger partial charge on any atom is 0.191 e. The van der Waals surface area contributed by atoms with Crippen molar-refractivity contribution < 1.29 is 13.9 Å². The summed E-state index contributed by atoms with van der Waals surface area (Å²) >= 11 is 0. The Morgan fingerprint density at radius 2 is 1.62 bits per heavy atom. The molecule has 0 saturated heterocycles. The molecule has 0 radical (unpaired) electrons. The maximum atomic E-state index is 13.6. The number of methoxy groups -OCH3 is 2. The van der Waals surface area contributed by atoms with Gasteiger partial charge in [-0.3, -0.25) is 4.99 Å². The molecule has 0 saturated carbocycles. The monoisotopic (exact) mass is 331 g/mol. The second-order valence-corrected chi connectivity index (χ2v) is 5.02. The molecule has 0 aromatic heterocycles. The Bertz CT molecular complexity index is 704. The molecule has 5 nitrogen and oxygen atoms in total. The first-order valence-corrected chi connectivity index (χ1v) is 7.57. The quantitative estimate of drug-likeness (QED) is 0.631. The molecule has 2 aromatic rings. The summed E-state index contributed by atoms with van der Waals surface area (Å²) in [6.45, 7) is 0.846. The first kappa shape index (κ1) is 17.6. The van der Waals surface area contributed by atoms with Gasteiger partial charge in [-0.1, -0.05) is 30.3 Å². The Morgan fingerprint density at radius 3 is 2.25 bits per heavy atom. The van der Waals surface area contributed by atoms with Crippen LogP contribution < -0.4 is 20.1 Å². The third-order valence-electron chi connectivity index (χ3n) is 3.56. The molecule has 24 heavy (non-hydrogen) atoms. The highest BCUT2D eigenvalue weighted by atomic mass is 19.1. The van der Waals surface area contributed by atoms with Crippen molar-refractivity contribution in [3.63, 3.8) is 0 Å². The van der Waals surface area contributed by atoms with Crippen LogP contribution in [0.2, 0.25) is 0 Å². The lowest BCUT2D eigenvalue weighted by molar-refractivity contribution is 0.351. The fourth-order valence-corrected chi connectivity index (χ4v) is 2.31. The maximum absolute atomic E-state index is 13.6. The Balaban J connectivity index is 1.98. The van der Waals surface area contributed by atoms with E-state index in [0.29, 0.717) is 36.1 Å². The van der Waals surface area contributed by atoms with Gasteiger partial charge in [0.05, 0.1) is 14.2 Å². The first-order chi connectivity index (χ1) is 11.7. The number of nitrogens with zero attached hydrogens (tertiary/aromatic N) is 1. The van der Waals surface area contributed by atoms with Gasteiger partial charge in [0.1, 0.15) is 5.82 Å². The van der Waals surface area contributed by atoms with Crippen molar-refractivity contribution >= 4 is 5.96 Å². The zero-order valence-electron chi connectivity index (χ0n) is 14.1. The van der Waals surface area contributed by atoms with Crippen molar-refractivity contribution in [1.29, 1.82) is 0 Å². The summed E-state index contributed by atoms with van der Waals surface area (Å²) in [5, 5.41) is 6.27. The fraction of sp³-hybridized carbons (Fsp3) is 0.278. The van der Waals surface area contributed by atoms with Crippen molar-refractivity contribution in [2.45, 2.75) is 13.1 Å². The van der Waals surface area contributed by atoms with E-state index in [0.717, 1.165) is 5.56 Å². The second-order valence-electron chi connectivity index (χ2n) is 5.02. The van der Waals surface area contributed by atoms with Gasteiger partial charge in [0.2, 0.25) is 0 Å². The normalized spacial score (nSPS) is 11.1. The summed E-state index contributed by atoms with van der Waals surface area (Å²) in [5.41, 5.74) is 1.52. The molecular weight excluding hydrogens is 309 g/mol. The van der Waals surface area contributed by atoms with Crippen molar-refractivity contribution in [1.82, 2.24) is 10.6 Å². The summed E-state index contributed by atoms with van der Waals surface area (Å²) in [4.78, 5) is 4.15. The number of hydrogen-bond acceptors (Lipinski definition) is 3. The Kier molecular flexibility index (Phi) is 6.42. The number of ether oxygens (including phenoxy) is 2. The standard InChI is InChI=1S/C18H22FN3O2/c1-20-18(21-11-13-7-4-5-9-15(13)19)22-12-14-8-6-10-16(23-2)17(14)24-3/h4-10H,11-12H2,1-3H3,(H2,20,21,22). The van der Waals surface area contributed by atoms with E-state index < -0.39 is 0 Å². The van der Waals surface area contributed by atoms with Crippen LogP contribution in [0.4, 0.5) is 4.39 Å². The van der Waals surface area contributed by atoms with E-state index in [1.54, 1.807) is 39.5 Å². The summed E-state index contributed by atoms with van der Waals surface area (Å²) in [6.07, 6.45) is 0. The van der Waals surface area contributed by atoms with Gasteiger partial charge in [-0.05, 0) is 12.1 Å². The lowest BCUT2D eigenvalue weighted by Crippen LogP contribution is -2.36. The van der Waals surface area contributed by atoms with E-state index >= 15 is 0 Å². The molecule has 0 fully saturated rings. The van der Waals surface area contributed by atoms with Gasteiger partial charge in [-0.15, -0.1) is 0 Å². The van der Waals surface area contributed by atoms with E-state index in [1.165, 1.54) is 6.07 Å². The van der Waals surface area contributed by atoms with Gasteiger partial charge in [0.25, 0.3) is 0 Å². The molecule has 128 valence electrons. The molecule has 0 spiro atoms. The molecule has 0 unspecified atom stereocenters. The van der Waals surface area contributed by atoms with Crippen LogP contribution in [0.15, 0.2) is 47.5 Å². The highest BCUT2D eigenvalue weighted by molar-refractivity contribution is 5.79. The Labute approximate surface area is 141 Å². The number of hydrogen-bond donors (Lipinski definition) is 2. The lowest BCUT2D eigenvalue weighted by Gasteiger charge is -2.15. The molecule has 2 N–H and O–H groups in total. The predicted octanol–water partition coefficient (Wildman–Crippen LogP) is 2.71. The molecule has 0 atom stereocenters. The van der Waals surface area contributed by atoms with Crippen LogP contribution in [0, 0.1) is 5.82 Å². The minimum Gasteiger partial charge on any atom is -0.493 e. The molecule has 0 aliphatic rings. The molecule has 0 heterocycles. The van der Waals surface area contributed by atoms with Gasteiger partial charge in [-0.2, -0.15) is 0 Å². The molecule has 0 amide bonds. The van der Waals surface area contributed by atoms with Crippen LogP contribution in [0.5, 0.6) is 11.5 Å². The number of aliphatic imine (C=N–C) groups is 1. The SMILES string of the molecule is CN=C(NCc1ccccc1F)NCc1cccc(OC)c1OC. The summed E-state index contributed by atoms with van der Waals surface area (Å²) in [6, 6.07) is 12.3. The predicted molar refractivity (Wildman–Crippen MR) is 93.0 cm³/mol. The molecule has 6 heteroatoms. The number of nitrogens with one attached hydrogen (secondary N) is 2. The average Bonchev–Trinajstić information content (AvgIpc) is 2.62. The minimum atomic E-state index is -0.241. The average molecular weight is 331 g/mol. The van der Waals surface area contributed by atoms with Crippen LogP contribution >= 0.6 is 0 Å². The number of halogens is 1. The molecule has 0 aliphatic carbocycles. The van der Waals surface area contributed by atoms with Crippen LogP contribution in [-0.4, -0.2) is 27.2 Å². The molecule has 2 rings (SSSR count). The van der Waals surface area contributed by atoms with Crippen molar-refractivity contribution in [2.75, 3.05) is 21.3 Å². The molecule has 0 bridgehead atoms. The summed E-state index contributed by atoms with van der Waals surface area (Å²) in [5.74, 6) is 1.68. The third kappa shape index (κ3) is 4.38. The van der Waals surface area contributed by atoms with Crippen LogP contribution in [-0.2, 0) is 13.1 Å². The highest BCUT2D eigenvalue weighted by Gasteiger charge is 2.10. The van der Waals surface area contributed by atoms with Gasteiger partial charge in [0, 0.05) is 31.3 Å². The second kappa shape index (κ2) is 8.76. The van der Waals surface area contributed by atoms with E-state index in [2.05, 4.69) is 15.6 Å². The van der Waals surface area contributed by atoms with E-state index in [4.69, 9.17) is 9.47 Å². The number of benzene rings is 2. The zero-order chi connectivity index (χ0) is 17.4. The third-order valence-corrected chi connectivity index (χ3v) is 3.56. The van der Waals surface area contributed by atoms with Crippen molar-refractivity contribution in [2.24, 2.45) is 4.99 Å². The van der Waals surface area contributed by atoms with Gasteiger partial charge in [0.15, 0.2) is 17.5 Å². The Hall–Kier alpha value is -2.76. The number of para-hydroxylation sites is 1. The van der Waals surface area contributed by atoms with Gasteiger partial charge in [-0.25, -0.2) is 4.39 Å². The largest absolute Gasteiger partial charge is 0.493 e. The molecule has 0 aliphatic heterocycles. The highest BCUT2D eigenvalue weighted by Crippen LogP contribution is 2.30. The molecule has 2 aromatic carbocycles. The Morgan fingerprint density at radius 1 is 0.958 bits per heavy atom.